The fraction of sp³-hybridized carbons (Fsp3) is 0.500. The van der Waals surface area contributed by atoms with E-state index in [-0.39, 0.29) is 11.3 Å². The lowest BCUT2D eigenvalue weighted by molar-refractivity contribution is 0.100. The molecule has 1 aromatic rings. The minimum atomic E-state index is -0.643. The monoisotopic (exact) mass is 265 g/mol. The van der Waals surface area contributed by atoms with E-state index in [1.165, 1.54) is 18.9 Å². The highest BCUT2D eigenvalue weighted by Crippen LogP contribution is 2.49. The molecule has 4 nitrogen and oxygen atoms in total. The molecule has 0 atom stereocenters. The molecule has 5 N–H and O–H groups in total. The maximum atomic E-state index is 13.8. The van der Waals surface area contributed by atoms with Crippen molar-refractivity contribution in [2.45, 2.75) is 32.6 Å². The van der Waals surface area contributed by atoms with Gasteiger partial charge in [0.15, 0.2) is 0 Å². The molecule has 1 aliphatic carbocycles. The fourth-order valence-electron chi connectivity index (χ4n) is 2.44. The summed E-state index contributed by atoms with van der Waals surface area (Å²) in [7, 11) is 0. The predicted octanol–water partition coefficient (Wildman–Crippen LogP) is 2.50. The Morgan fingerprint density at radius 1 is 1.47 bits per heavy atom. The van der Waals surface area contributed by atoms with Crippen LogP contribution in [0.15, 0.2) is 12.1 Å². The van der Waals surface area contributed by atoms with Gasteiger partial charge >= 0.3 is 0 Å². The summed E-state index contributed by atoms with van der Waals surface area (Å²) in [5.41, 5.74) is 11.6. The van der Waals surface area contributed by atoms with Gasteiger partial charge in [0.05, 0.1) is 11.3 Å². The largest absolute Gasteiger partial charge is 0.398 e. The number of primary amides is 1. The normalized spacial score (nSPS) is 16.1. The summed E-state index contributed by atoms with van der Waals surface area (Å²) >= 11 is 0. The van der Waals surface area contributed by atoms with Crippen LogP contribution in [0.25, 0.3) is 0 Å². The van der Waals surface area contributed by atoms with Gasteiger partial charge in [0.1, 0.15) is 5.82 Å². The van der Waals surface area contributed by atoms with Crippen LogP contribution in [0.3, 0.4) is 0 Å². The first-order valence-electron chi connectivity index (χ1n) is 6.60. The Labute approximate surface area is 112 Å². The van der Waals surface area contributed by atoms with Crippen LogP contribution in [0, 0.1) is 11.2 Å². The van der Waals surface area contributed by atoms with E-state index >= 15 is 0 Å². The van der Waals surface area contributed by atoms with Crippen molar-refractivity contribution in [3.63, 3.8) is 0 Å². The zero-order valence-corrected chi connectivity index (χ0v) is 11.1. The highest BCUT2D eigenvalue weighted by molar-refractivity contribution is 5.99. The summed E-state index contributed by atoms with van der Waals surface area (Å²) in [5, 5.41) is 3.08. The molecule has 0 aromatic heterocycles. The first-order chi connectivity index (χ1) is 8.97. The molecule has 0 saturated heterocycles. The van der Waals surface area contributed by atoms with E-state index in [0.717, 1.165) is 25.5 Å². The average molecular weight is 265 g/mol. The standard InChI is InChI=1S/C14H20FN3O/c1-2-3-14(4-5-14)8-18-12-6-9(13(17)19)11(16)7-10(12)15/h6-7,18H,2-5,8,16H2,1H3,(H2,17,19). The topological polar surface area (TPSA) is 81.1 Å². The third-order valence-corrected chi connectivity index (χ3v) is 3.80. The van der Waals surface area contributed by atoms with E-state index in [4.69, 9.17) is 11.5 Å². The molecule has 5 heteroatoms. The van der Waals surface area contributed by atoms with Crippen molar-refractivity contribution in [2.75, 3.05) is 17.6 Å². The van der Waals surface area contributed by atoms with E-state index in [9.17, 15) is 9.18 Å². The summed E-state index contributed by atoms with van der Waals surface area (Å²) < 4.78 is 13.8. The van der Waals surface area contributed by atoms with Crippen LogP contribution in [-0.2, 0) is 0 Å². The number of nitrogen functional groups attached to an aromatic ring is 1. The van der Waals surface area contributed by atoms with Crippen molar-refractivity contribution in [3.05, 3.63) is 23.5 Å². The molecular formula is C14H20FN3O. The Morgan fingerprint density at radius 3 is 2.68 bits per heavy atom. The van der Waals surface area contributed by atoms with Crippen LogP contribution < -0.4 is 16.8 Å². The second kappa shape index (κ2) is 5.07. The van der Waals surface area contributed by atoms with Gasteiger partial charge in [-0.05, 0) is 36.8 Å². The summed E-state index contributed by atoms with van der Waals surface area (Å²) in [6, 6.07) is 2.54. The first kappa shape index (κ1) is 13.6. The number of nitrogens with two attached hydrogens (primary N) is 2. The molecule has 0 bridgehead atoms. The Kier molecular flexibility index (Phi) is 3.64. The third kappa shape index (κ3) is 2.97. The number of carbonyl (C=O) groups excluding carboxylic acids is 1. The summed E-state index contributed by atoms with van der Waals surface area (Å²) in [4.78, 5) is 11.2. The van der Waals surface area contributed by atoms with Crippen molar-refractivity contribution in [3.8, 4) is 0 Å². The molecule has 0 radical (unpaired) electrons. The van der Waals surface area contributed by atoms with Crippen molar-refractivity contribution in [1.29, 1.82) is 0 Å². The smallest absolute Gasteiger partial charge is 0.250 e. The van der Waals surface area contributed by atoms with Crippen molar-refractivity contribution >= 4 is 17.3 Å². The lowest BCUT2D eigenvalue weighted by atomic mass is 10.0. The zero-order valence-electron chi connectivity index (χ0n) is 11.1. The summed E-state index contributed by atoms with van der Waals surface area (Å²) in [6.07, 6.45) is 4.61. The number of halogens is 1. The van der Waals surface area contributed by atoms with Gasteiger partial charge in [-0.25, -0.2) is 4.39 Å². The summed E-state index contributed by atoms with van der Waals surface area (Å²) in [6.45, 7) is 2.87. The van der Waals surface area contributed by atoms with Gasteiger partial charge in [-0.1, -0.05) is 13.3 Å². The highest BCUT2D eigenvalue weighted by atomic mass is 19.1. The number of benzene rings is 1. The predicted molar refractivity (Wildman–Crippen MR) is 74.4 cm³/mol. The van der Waals surface area contributed by atoms with Crippen LogP contribution in [0.1, 0.15) is 43.0 Å². The number of hydrogen-bond donors (Lipinski definition) is 3. The van der Waals surface area contributed by atoms with Crippen LogP contribution in [-0.4, -0.2) is 12.5 Å². The van der Waals surface area contributed by atoms with Gasteiger partial charge in [0.25, 0.3) is 5.91 Å². The number of carbonyl (C=O) groups is 1. The van der Waals surface area contributed by atoms with Gasteiger partial charge in [-0.2, -0.15) is 0 Å². The molecule has 19 heavy (non-hydrogen) atoms. The first-order valence-corrected chi connectivity index (χ1v) is 6.60. The Balaban J connectivity index is 2.12. The maximum absolute atomic E-state index is 13.8. The Bertz CT molecular complexity index is 498. The van der Waals surface area contributed by atoms with Crippen LogP contribution >= 0.6 is 0 Å². The van der Waals surface area contributed by atoms with Gasteiger partial charge in [0, 0.05) is 12.2 Å². The molecule has 0 spiro atoms. The van der Waals surface area contributed by atoms with Gasteiger partial charge < -0.3 is 16.8 Å². The lowest BCUT2D eigenvalue weighted by Crippen LogP contribution is -2.18. The number of rotatable bonds is 6. The Hall–Kier alpha value is -1.78. The van der Waals surface area contributed by atoms with Gasteiger partial charge in [-0.15, -0.1) is 0 Å². The van der Waals surface area contributed by atoms with E-state index in [1.807, 2.05) is 0 Å². The molecular weight excluding hydrogens is 245 g/mol. The zero-order chi connectivity index (χ0) is 14.0. The van der Waals surface area contributed by atoms with Gasteiger partial charge in [-0.3, -0.25) is 4.79 Å². The van der Waals surface area contributed by atoms with Crippen molar-refractivity contribution in [2.24, 2.45) is 11.1 Å². The highest BCUT2D eigenvalue weighted by Gasteiger charge is 2.41. The van der Waals surface area contributed by atoms with E-state index < -0.39 is 11.7 Å². The van der Waals surface area contributed by atoms with Crippen LogP contribution in [0.4, 0.5) is 15.8 Å². The molecule has 1 aliphatic rings. The quantitative estimate of drug-likeness (QED) is 0.691. The summed E-state index contributed by atoms with van der Waals surface area (Å²) in [5.74, 6) is -1.09. The van der Waals surface area contributed by atoms with Crippen LogP contribution in [0.5, 0.6) is 0 Å². The molecule has 104 valence electrons. The number of anilines is 2. The van der Waals surface area contributed by atoms with E-state index in [1.54, 1.807) is 0 Å². The molecule has 0 unspecified atom stereocenters. The van der Waals surface area contributed by atoms with E-state index in [2.05, 4.69) is 12.2 Å². The molecule has 0 heterocycles. The number of amides is 1. The second-order valence-electron chi connectivity index (χ2n) is 5.39. The molecule has 1 saturated carbocycles. The second-order valence-corrected chi connectivity index (χ2v) is 5.39. The Morgan fingerprint density at radius 2 is 2.16 bits per heavy atom. The average Bonchev–Trinajstić information content (AvgIpc) is 3.08. The molecule has 2 rings (SSSR count). The third-order valence-electron chi connectivity index (χ3n) is 3.80. The number of hydrogen-bond acceptors (Lipinski definition) is 3. The van der Waals surface area contributed by atoms with Gasteiger partial charge in [0.2, 0.25) is 0 Å². The van der Waals surface area contributed by atoms with Crippen LogP contribution in [0.2, 0.25) is 0 Å². The SMILES string of the molecule is CCCC1(CNc2cc(C(N)=O)c(N)cc2F)CC1. The molecule has 1 fully saturated rings. The minimum absolute atomic E-state index is 0.0743. The van der Waals surface area contributed by atoms with Crippen molar-refractivity contribution in [1.82, 2.24) is 0 Å². The van der Waals surface area contributed by atoms with E-state index in [0.29, 0.717) is 11.1 Å². The fourth-order valence-corrected chi connectivity index (χ4v) is 2.44. The number of nitrogens with one attached hydrogen (secondary N) is 1. The molecule has 1 amide bonds. The molecule has 0 aliphatic heterocycles. The lowest BCUT2D eigenvalue weighted by Gasteiger charge is -2.17. The molecule has 1 aromatic carbocycles. The van der Waals surface area contributed by atoms with Crippen molar-refractivity contribution < 1.29 is 9.18 Å². The maximum Gasteiger partial charge on any atom is 0.250 e. The minimum Gasteiger partial charge on any atom is -0.398 e.